The maximum Gasteiger partial charge on any atom is 0.202 e. The Morgan fingerprint density at radius 3 is 2.07 bits per heavy atom. The Kier molecular flexibility index (Phi) is 2.83. The lowest BCUT2D eigenvalue weighted by Crippen LogP contribution is -2.17. The molecule has 1 aromatic carbocycles. The number of carbonyl (C=O) groups excluding carboxylic acids is 2. The van der Waals surface area contributed by atoms with Crippen LogP contribution < -0.4 is 0 Å². The monoisotopic (exact) mass is 348 g/mol. The standard InChI is InChI=1S/C10H3Br2ClO2/c11-7-8(12)10(15)6-3-4(13)1-2-5(6)9(7)14/h1-3H. The summed E-state index contributed by atoms with van der Waals surface area (Å²) in [6.45, 7) is 0. The lowest BCUT2D eigenvalue weighted by molar-refractivity contribution is 0.0989. The van der Waals surface area contributed by atoms with E-state index in [9.17, 15) is 9.59 Å². The van der Waals surface area contributed by atoms with Gasteiger partial charge in [0.2, 0.25) is 11.6 Å². The molecule has 0 aliphatic heterocycles. The minimum atomic E-state index is -0.237. The maximum absolute atomic E-state index is 11.8. The molecule has 1 aliphatic rings. The van der Waals surface area contributed by atoms with Crippen molar-refractivity contribution in [2.24, 2.45) is 0 Å². The number of ketones is 2. The summed E-state index contributed by atoms with van der Waals surface area (Å²) in [5.74, 6) is -0.452. The van der Waals surface area contributed by atoms with Gasteiger partial charge in [0.15, 0.2) is 0 Å². The van der Waals surface area contributed by atoms with Crippen molar-refractivity contribution in [3.8, 4) is 0 Å². The molecule has 2 nitrogen and oxygen atoms in total. The third-order valence-electron chi connectivity index (χ3n) is 2.06. The number of fused-ring (bicyclic) bond motifs is 1. The molecule has 0 saturated carbocycles. The number of rotatable bonds is 0. The van der Waals surface area contributed by atoms with Crippen LogP contribution in [0.2, 0.25) is 5.02 Å². The van der Waals surface area contributed by atoms with E-state index < -0.39 is 0 Å². The molecule has 0 heterocycles. The molecular formula is C10H3Br2ClO2. The summed E-state index contributed by atoms with van der Waals surface area (Å²) >= 11 is 11.9. The van der Waals surface area contributed by atoms with Crippen LogP contribution in [0.5, 0.6) is 0 Å². The van der Waals surface area contributed by atoms with Gasteiger partial charge in [-0.2, -0.15) is 0 Å². The van der Waals surface area contributed by atoms with Crippen molar-refractivity contribution >= 4 is 55.0 Å². The van der Waals surface area contributed by atoms with E-state index in [2.05, 4.69) is 31.9 Å². The van der Waals surface area contributed by atoms with E-state index in [0.29, 0.717) is 16.1 Å². The Bertz CT molecular complexity index is 520. The number of carbonyl (C=O) groups is 2. The van der Waals surface area contributed by atoms with Crippen LogP contribution in [0.25, 0.3) is 0 Å². The SMILES string of the molecule is O=C1C(Br)=C(Br)C(=O)c2cc(Cl)ccc21. The van der Waals surface area contributed by atoms with Crippen LogP contribution in [0.1, 0.15) is 20.7 Å². The molecule has 0 unspecified atom stereocenters. The smallest absolute Gasteiger partial charge is 0.202 e. The van der Waals surface area contributed by atoms with Crippen molar-refractivity contribution in [3.63, 3.8) is 0 Å². The first-order chi connectivity index (χ1) is 7.02. The van der Waals surface area contributed by atoms with Crippen LogP contribution in [0.15, 0.2) is 27.2 Å². The number of benzene rings is 1. The molecule has 76 valence electrons. The van der Waals surface area contributed by atoms with Gasteiger partial charge >= 0.3 is 0 Å². The normalized spacial score (nSPS) is 15.7. The van der Waals surface area contributed by atoms with E-state index in [-0.39, 0.29) is 20.5 Å². The van der Waals surface area contributed by atoms with Gasteiger partial charge < -0.3 is 0 Å². The second-order valence-electron chi connectivity index (χ2n) is 2.98. The number of halogens is 3. The average Bonchev–Trinajstić information content (AvgIpc) is 2.23. The Morgan fingerprint density at radius 2 is 1.47 bits per heavy atom. The van der Waals surface area contributed by atoms with Gasteiger partial charge in [-0.05, 0) is 50.1 Å². The minimum Gasteiger partial charge on any atom is -0.288 e. The first-order valence-electron chi connectivity index (χ1n) is 3.96. The van der Waals surface area contributed by atoms with Crippen molar-refractivity contribution in [3.05, 3.63) is 43.3 Å². The molecule has 0 bridgehead atoms. The minimum absolute atomic E-state index is 0.215. The summed E-state index contributed by atoms with van der Waals surface area (Å²) in [4.78, 5) is 23.5. The Hall–Kier alpha value is -0.450. The summed E-state index contributed by atoms with van der Waals surface area (Å²) < 4.78 is 0.490. The van der Waals surface area contributed by atoms with Crippen LogP contribution in [-0.4, -0.2) is 11.6 Å². The van der Waals surface area contributed by atoms with Gasteiger partial charge in [-0.3, -0.25) is 9.59 Å². The quantitative estimate of drug-likeness (QED) is 0.715. The first-order valence-corrected chi connectivity index (χ1v) is 5.93. The van der Waals surface area contributed by atoms with E-state index in [1.165, 1.54) is 6.07 Å². The fraction of sp³-hybridized carbons (Fsp3) is 0. The molecule has 0 N–H and O–H groups in total. The summed E-state index contributed by atoms with van der Waals surface area (Å²) in [6, 6.07) is 4.64. The highest BCUT2D eigenvalue weighted by molar-refractivity contribution is 9.14. The fourth-order valence-electron chi connectivity index (χ4n) is 1.34. The van der Waals surface area contributed by atoms with Gasteiger partial charge in [0.1, 0.15) is 0 Å². The predicted octanol–water partition coefficient (Wildman–Crippen LogP) is 3.72. The van der Waals surface area contributed by atoms with Crippen molar-refractivity contribution in [2.75, 3.05) is 0 Å². The fourth-order valence-corrected chi connectivity index (χ4v) is 2.30. The summed E-state index contributed by atoms with van der Waals surface area (Å²) in [5, 5.41) is 0.438. The zero-order chi connectivity index (χ0) is 11.2. The van der Waals surface area contributed by atoms with Gasteiger partial charge in [0, 0.05) is 16.1 Å². The van der Waals surface area contributed by atoms with E-state index in [0.717, 1.165) is 0 Å². The third-order valence-corrected chi connectivity index (χ3v) is 4.34. The first kappa shape index (κ1) is 11.0. The highest BCUT2D eigenvalue weighted by Gasteiger charge is 2.29. The molecule has 0 radical (unpaired) electrons. The largest absolute Gasteiger partial charge is 0.288 e. The molecule has 0 aromatic heterocycles. The van der Waals surface area contributed by atoms with Crippen molar-refractivity contribution < 1.29 is 9.59 Å². The van der Waals surface area contributed by atoms with Crippen molar-refractivity contribution in [1.29, 1.82) is 0 Å². The zero-order valence-electron chi connectivity index (χ0n) is 7.18. The lowest BCUT2D eigenvalue weighted by Gasteiger charge is -2.14. The molecule has 0 amide bonds. The zero-order valence-corrected chi connectivity index (χ0v) is 11.1. The summed E-state index contributed by atoms with van der Waals surface area (Å²) in [7, 11) is 0. The molecule has 0 fully saturated rings. The second-order valence-corrected chi connectivity index (χ2v) is 5.00. The van der Waals surface area contributed by atoms with Crippen molar-refractivity contribution in [2.45, 2.75) is 0 Å². The average molecular weight is 350 g/mol. The Balaban J connectivity index is 2.73. The number of hydrogen-bond acceptors (Lipinski definition) is 2. The molecular weight excluding hydrogens is 347 g/mol. The van der Waals surface area contributed by atoms with Crippen LogP contribution >= 0.6 is 43.5 Å². The lowest BCUT2D eigenvalue weighted by atomic mass is 9.95. The van der Waals surface area contributed by atoms with Gasteiger partial charge in [0.25, 0.3) is 0 Å². The molecule has 0 saturated heterocycles. The summed E-state index contributed by atoms with van der Waals surface area (Å²) in [6.07, 6.45) is 0. The molecule has 2 rings (SSSR count). The Labute approximate surface area is 108 Å². The summed E-state index contributed by atoms with van der Waals surface area (Å²) in [5.41, 5.74) is 0.710. The number of hydrogen-bond donors (Lipinski definition) is 0. The molecule has 5 heteroatoms. The molecule has 0 spiro atoms. The Morgan fingerprint density at radius 1 is 0.933 bits per heavy atom. The highest BCUT2D eigenvalue weighted by atomic mass is 79.9. The van der Waals surface area contributed by atoms with Crippen LogP contribution in [-0.2, 0) is 0 Å². The number of allylic oxidation sites excluding steroid dienone is 2. The van der Waals surface area contributed by atoms with Gasteiger partial charge in [-0.1, -0.05) is 11.6 Å². The third kappa shape index (κ3) is 1.71. The van der Waals surface area contributed by atoms with E-state index in [4.69, 9.17) is 11.6 Å². The second kappa shape index (κ2) is 3.85. The van der Waals surface area contributed by atoms with Crippen molar-refractivity contribution in [1.82, 2.24) is 0 Å². The topological polar surface area (TPSA) is 34.1 Å². The van der Waals surface area contributed by atoms with Gasteiger partial charge in [-0.25, -0.2) is 0 Å². The predicted molar refractivity (Wildman–Crippen MR) is 65.0 cm³/mol. The van der Waals surface area contributed by atoms with Gasteiger partial charge in [-0.15, -0.1) is 0 Å². The van der Waals surface area contributed by atoms with Crippen LogP contribution in [0.4, 0.5) is 0 Å². The van der Waals surface area contributed by atoms with Crippen LogP contribution in [0.3, 0.4) is 0 Å². The molecule has 0 atom stereocenters. The van der Waals surface area contributed by atoms with E-state index in [1.807, 2.05) is 0 Å². The molecule has 1 aromatic rings. The van der Waals surface area contributed by atoms with Gasteiger partial charge in [0.05, 0.1) is 8.96 Å². The number of Topliss-reactive ketones (excluding diaryl/α,β-unsaturated/α-hetero) is 2. The molecule has 15 heavy (non-hydrogen) atoms. The maximum atomic E-state index is 11.8. The van der Waals surface area contributed by atoms with E-state index >= 15 is 0 Å². The molecule has 1 aliphatic carbocycles. The highest BCUT2D eigenvalue weighted by Crippen LogP contribution is 2.33. The van der Waals surface area contributed by atoms with E-state index in [1.54, 1.807) is 12.1 Å². The van der Waals surface area contributed by atoms with Crippen LogP contribution in [0, 0.1) is 0 Å².